The van der Waals surface area contributed by atoms with Crippen molar-refractivity contribution >= 4 is 34.1 Å². The van der Waals surface area contributed by atoms with Gasteiger partial charge in [-0.05, 0) is 43.4 Å². The molecular formula is C18H18N2O4S. The number of fused-ring (bicyclic) bond motifs is 1. The maximum Gasteiger partial charge on any atom is 0.358 e. The van der Waals surface area contributed by atoms with E-state index in [0.717, 1.165) is 30.6 Å². The number of carbonyl (C=O) groups is 3. The van der Waals surface area contributed by atoms with Gasteiger partial charge in [-0.3, -0.25) is 9.59 Å². The summed E-state index contributed by atoms with van der Waals surface area (Å²) in [5.41, 5.74) is 3.11. The average Bonchev–Trinajstić information content (AvgIpc) is 3.21. The Morgan fingerprint density at radius 3 is 2.76 bits per heavy atom. The molecule has 2 aromatic rings. The van der Waals surface area contributed by atoms with Gasteiger partial charge in [0.05, 0.1) is 0 Å². The highest BCUT2D eigenvalue weighted by Crippen LogP contribution is 2.24. The standard InChI is InChI=1S/C18H18N2O4S/c1-10(16(22)14-7-6-12-4-3-5-13(12)8-14)24-17(23)15-9-25-18(20-15)19-11(2)21/h6-10H,3-5H2,1-2H3,(H,19,20,21). The lowest BCUT2D eigenvalue weighted by molar-refractivity contribution is -0.114. The number of nitrogens with one attached hydrogen (secondary N) is 1. The summed E-state index contributed by atoms with van der Waals surface area (Å²) in [5, 5.41) is 4.30. The number of Topliss-reactive ketones (excluding diaryl/α,β-unsaturated/α-hetero) is 1. The number of nitrogens with zero attached hydrogens (tertiary/aromatic N) is 1. The molecule has 1 aliphatic carbocycles. The smallest absolute Gasteiger partial charge is 0.358 e. The molecule has 0 fully saturated rings. The molecule has 130 valence electrons. The third-order valence-electron chi connectivity index (χ3n) is 4.03. The highest BCUT2D eigenvalue weighted by Gasteiger charge is 2.23. The summed E-state index contributed by atoms with van der Waals surface area (Å²) in [6.07, 6.45) is 2.24. The van der Waals surface area contributed by atoms with Gasteiger partial charge in [0.25, 0.3) is 0 Å². The summed E-state index contributed by atoms with van der Waals surface area (Å²) in [5.74, 6) is -1.19. The normalized spacial score (nSPS) is 13.8. The Morgan fingerprint density at radius 1 is 1.24 bits per heavy atom. The molecule has 1 aromatic heterocycles. The summed E-state index contributed by atoms with van der Waals surface area (Å²) >= 11 is 1.12. The van der Waals surface area contributed by atoms with E-state index < -0.39 is 12.1 Å². The van der Waals surface area contributed by atoms with E-state index in [2.05, 4.69) is 10.3 Å². The molecule has 1 heterocycles. The van der Waals surface area contributed by atoms with Crippen LogP contribution in [0.15, 0.2) is 23.6 Å². The summed E-state index contributed by atoms with van der Waals surface area (Å²) in [6, 6.07) is 5.66. The van der Waals surface area contributed by atoms with E-state index in [9.17, 15) is 14.4 Å². The van der Waals surface area contributed by atoms with Crippen LogP contribution in [-0.2, 0) is 22.4 Å². The number of esters is 1. The number of benzene rings is 1. The number of ether oxygens (including phenoxy) is 1. The summed E-state index contributed by atoms with van der Waals surface area (Å²) in [4.78, 5) is 39.6. The Kier molecular flexibility index (Phi) is 4.94. The largest absolute Gasteiger partial charge is 0.450 e. The number of ketones is 1. The first-order valence-electron chi connectivity index (χ1n) is 8.04. The van der Waals surface area contributed by atoms with Crippen molar-refractivity contribution in [2.45, 2.75) is 39.2 Å². The van der Waals surface area contributed by atoms with Crippen LogP contribution in [0.25, 0.3) is 0 Å². The van der Waals surface area contributed by atoms with Crippen molar-refractivity contribution in [2.24, 2.45) is 0 Å². The van der Waals surface area contributed by atoms with Gasteiger partial charge in [-0.15, -0.1) is 11.3 Å². The molecule has 1 unspecified atom stereocenters. The third-order valence-corrected chi connectivity index (χ3v) is 4.79. The molecular weight excluding hydrogens is 340 g/mol. The van der Waals surface area contributed by atoms with E-state index in [1.807, 2.05) is 12.1 Å². The number of thiazole rings is 1. The fourth-order valence-electron chi connectivity index (χ4n) is 2.81. The van der Waals surface area contributed by atoms with Crippen LogP contribution in [0.1, 0.15) is 52.2 Å². The molecule has 3 rings (SSSR count). The minimum atomic E-state index is -0.905. The molecule has 1 aromatic carbocycles. The fraction of sp³-hybridized carbons (Fsp3) is 0.333. The van der Waals surface area contributed by atoms with Gasteiger partial charge in [-0.25, -0.2) is 9.78 Å². The van der Waals surface area contributed by atoms with Gasteiger partial charge in [0.15, 0.2) is 16.9 Å². The van der Waals surface area contributed by atoms with Crippen molar-refractivity contribution in [1.82, 2.24) is 4.98 Å². The van der Waals surface area contributed by atoms with Crippen LogP contribution < -0.4 is 5.32 Å². The van der Waals surface area contributed by atoms with E-state index in [0.29, 0.717) is 10.7 Å². The quantitative estimate of drug-likeness (QED) is 0.656. The monoisotopic (exact) mass is 358 g/mol. The summed E-state index contributed by atoms with van der Waals surface area (Å²) in [6.45, 7) is 2.91. The first-order chi connectivity index (χ1) is 11.9. The second-order valence-electron chi connectivity index (χ2n) is 5.97. The van der Waals surface area contributed by atoms with Gasteiger partial charge < -0.3 is 10.1 Å². The minimum absolute atomic E-state index is 0.0716. The number of rotatable bonds is 5. The van der Waals surface area contributed by atoms with Crippen molar-refractivity contribution in [3.8, 4) is 0 Å². The zero-order valence-electron chi connectivity index (χ0n) is 14.0. The number of hydrogen-bond donors (Lipinski definition) is 1. The molecule has 0 spiro atoms. The topological polar surface area (TPSA) is 85.4 Å². The van der Waals surface area contributed by atoms with Crippen LogP contribution in [-0.4, -0.2) is 28.7 Å². The van der Waals surface area contributed by atoms with Crippen LogP contribution in [0, 0.1) is 0 Å². The lowest BCUT2D eigenvalue weighted by Gasteiger charge is -2.12. The van der Waals surface area contributed by atoms with E-state index in [4.69, 9.17) is 4.74 Å². The maximum absolute atomic E-state index is 12.5. The Hall–Kier alpha value is -2.54. The molecule has 0 bridgehead atoms. The van der Waals surface area contributed by atoms with Crippen molar-refractivity contribution < 1.29 is 19.1 Å². The number of hydrogen-bond acceptors (Lipinski definition) is 6. The second-order valence-corrected chi connectivity index (χ2v) is 6.83. The maximum atomic E-state index is 12.5. The number of aromatic nitrogens is 1. The molecule has 6 nitrogen and oxygen atoms in total. The zero-order valence-corrected chi connectivity index (χ0v) is 14.8. The van der Waals surface area contributed by atoms with Gasteiger partial charge in [0, 0.05) is 17.9 Å². The fourth-order valence-corrected chi connectivity index (χ4v) is 3.54. The highest BCUT2D eigenvalue weighted by atomic mass is 32.1. The number of aryl methyl sites for hydroxylation is 2. The van der Waals surface area contributed by atoms with Crippen molar-refractivity contribution in [1.29, 1.82) is 0 Å². The van der Waals surface area contributed by atoms with Gasteiger partial charge in [0.1, 0.15) is 0 Å². The van der Waals surface area contributed by atoms with Gasteiger partial charge in [0.2, 0.25) is 11.7 Å². The van der Waals surface area contributed by atoms with E-state index in [-0.39, 0.29) is 17.4 Å². The molecule has 0 saturated heterocycles. The van der Waals surface area contributed by atoms with Crippen molar-refractivity contribution in [3.05, 3.63) is 46.0 Å². The zero-order chi connectivity index (χ0) is 18.0. The number of amides is 1. The molecule has 0 saturated carbocycles. The first kappa shape index (κ1) is 17.3. The molecule has 1 N–H and O–H groups in total. The molecule has 0 aliphatic heterocycles. The van der Waals surface area contributed by atoms with Crippen LogP contribution in [0.5, 0.6) is 0 Å². The lowest BCUT2D eigenvalue weighted by Crippen LogP contribution is -2.24. The molecule has 0 radical (unpaired) electrons. The van der Waals surface area contributed by atoms with E-state index in [1.165, 1.54) is 23.4 Å². The SMILES string of the molecule is CC(=O)Nc1nc(C(=O)OC(C)C(=O)c2ccc3c(c2)CCC3)cs1. The molecule has 1 aliphatic rings. The van der Waals surface area contributed by atoms with Crippen LogP contribution >= 0.6 is 11.3 Å². The molecule has 1 amide bonds. The Morgan fingerprint density at radius 2 is 2.00 bits per heavy atom. The number of anilines is 1. The lowest BCUT2D eigenvalue weighted by atomic mass is 10.0. The van der Waals surface area contributed by atoms with E-state index in [1.54, 1.807) is 13.0 Å². The average molecular weight is 358 g/mol. The van der Waals surface area contributed by atoms with Gasteiger partial charge >= 0.3 is 5.97 Å². The van der Waals surface area contributed by atoms with E-state index >= 15 is 0 Å². The Bertz CT molecular complexity index is 843. The minimum Gasteiger partial charge on any atom is -0.450 e. The molecule has 1 atom stereocenters. The van der Waals surface area contributed by atoms with Gasteiger partial charge in [-0.2, -0.15) is 0 Å². The third kappa shape index (κ3) is 3.93. The van der Waals surface area contributed by atoms with Crippen molar-refractivity contribution in [3.63, 3.8) is 0 Å². The highest BCUT2D eigenvalue weighted by molar-refractivity contribution is 7.14. The first-order valence-corrected chi connectivity index (χ1v) is 8.92. The molecule has 7 heteroatoms. The van der Waals surface area contributed by atoms with Crippen LogP contribution in [0.3, 0.4) is 0 Å². The number of carbonyl (C=O) groups excluding carboxylic acids is 3. The van der Waals surface area contributed by atoms with Crippen molar-refractivity contribution in [2.75, 3.05) is 5.32 Å². The van der Waals surface area contributed by atoms with Gasteiger partial charge in [-0.1, -0.05) is 12.1 Å². The Labute approximate surface area is 149 Å². The second kappa shape index (κ2) is 7.14. The van der Waals surface area contributed by atoms with Crippen LogP contribution in [0.4, 0.5) is 5.13 Å². The van der Waals surface area contributed by atoms with Crippen LogP contribution in [0.2, 0.25) is 0 Å². The summed E-state index contributed by atoms with van der Waals surface area (Å²) < 4.78 is 5.23. The Balaban J connectivity index is 1.65. The summed E-state index contributed by atoms with van der Waals surface area (Å²) in [7, 11) is 0. The predicted molar refractivity (Wildman–Crippen MR) is 94.1 cm³/mol. The molecule has 25 heavy (non-hydrogen) atoms. The predicted octanol–water partition coefficient (Wildman–Crippen LogP) is 3.02.